The fraction of sp³-hybridized carbons (Fsp3) is 0.538. The topological polar surface area (TPSA) is 18.5 Å². The van der Waals surface area contributed by atoms with Crippen molar-refractivity contribution in [3.8, 4) is 11.1 Å². The minimum absolute atomic E-state index is 0.0845. The van der Waals surface area contributed by atoms with Gasteiger partial charge in [0.25, 0.3) is 0 Å². The predicted molar refractivity (Wildman–Crippen MR) is 116 cm³/mol. The Morgan fingerprint density at radius 2 is 1.58 bits per heavy atom. The van der Waals surface area contributed by atoms with Crippen molar-refractivity contribution in [1.82, 2.24) is 0 Å². The first-order chi connectivity index (χ1) is 15.8. The Hall–Kier alpha value is -1.99. The Kier molecular flexibility index (Phi) is 7.39. The minimum atomic E-state index is -4.78. The van der Waals surface area contributed by atoms with Crippen molar-refractivity contribution in [3.05, 3.63) is 59.2 Å². The molecular weight excluding hydrogens is 439 g/mol. The molecular formula is C26H29F5O2. The minimum Gasteiger partial charge on any atom is -0.352 e. The first kappa shape index (κ1) is 24.1. The van der Waals surface area contributed by atoms with Crippen LogP contribution in [-0.2, 0) is 15.7 Å². The molecule has 0 N–H and O–H groups in total. The molecule has 2 nitrogen and oxygen atoms in total. The van der Waals surface area contributed by atoms with Crippen LogP contribution < -0.4 is 0 Å². The number of ether oxygens (including phenoxy) is 2. The molecule has 0 unspecified atom stereocenters. The SMILES string of the molecule is CCCC1COC(C2CCC(c3ccc(-c4ccc(C(F)(F)F)c(F)c4)c(F)c3)CC2)OC1. The molecule has 1 saturated heterocycles. The Morgan fingerprint density at radius 3 is 2.15 bits per heavy atom. The second-order valence-corrected chi connectivity index (χ2v) is 9.23. The van der Waals surface area contributed by atoms with Crippen molar-refractivity contribution in [2.75, 3.05) is 13.2 Å². The quantitative estimate of drug-likeness (QED) is 0.419. The van der Waals surface area contributed by atoms with Gasteiger partial charge in [0.15, 0.2) is 6.29 Å². The third-order valence-electron chi connectivity index (χ3n) is 6.90. The van der Waals surface area contributed by atoms with Gasteiger partial charge >= 0.3 is 6.18 Å². The first-order valence-electron chi connectivity index (χ1n) is 11.7. The largest absolute Gasteiger partial charge is 0.419 e. The van der Waals surface area contributed by atoms with Gasteiger partial charge in [-0.3, -0.25) is 0 Å². The van der Waals surface area contributed by atoms with Crippen LogP contribution in [0.15, 0.2) is 36.4 Å². The molecule has 0 spiro atoms. The van der Waals surface area contributed by atoms with E-state index >= 15 is 0 Å². The molecule has 0 radical (unpaired) electrons. The maximum Gasteiger partial charge on any atom is 0.419 e. The summed E-state index contributed by atoms with van der Waals surface area (Å²) < 4.78 is 79.0. The zero-order valence-corrected chi connectivity index (χ0v) is 18.6. The Balaban J connectivity index is 1.38. The molecule has 2 aliphatic rings. The molecule has 2 aromatic rings. The standard InChI is InChI=1S/C26H29F5O2/c1-2-3-16-14-32-25(33-15-16)18-6-4-17(5-7-18)19-8-10-21(23(27)12-19)20-9-11-22(24(28)13-20)26(29,30)31/h8-13,16-18,25H,2-7,14-15H2,1H3. The van der Waals surface area contributed by atoms with Gasteiger partial charge in [0.1, 0.15) is 11.6 Å². The number of benzene rings is 2. The number of hydrogen-bond donors (Lipinski definition) is 0. The molecule has 180 valence electrons. The molecule has 2 fully saturated rings. The van der Waals surface area contributed by atoms with Crippen LogP contribution in [-0.4, -0.2) is 19.5 Å². The van der Waals surface area contributed by atoms with Gasteiger partial charge in [-0.25, -0.2) is 8.78 Å². The lowest BCUT2D eigenvalue weighted by atomic mass is 9.78. The second-order valence-electron chi connectivity index (χ2n) is 9.23. The van der Waals surface area contributed by atoms with Crippen molar-refractivity contribution in [1.29, 1.82) is 0 Å². The van der Waals surface area contributed by atoms with Crippen LogP contribution >= 0.6 is 0 Å². The van der Waals surface area contributed by atoms with E-state index in [2.05, 4.69) is 6.92 Å². The van der Waals surface area contributed by atoms with E-state index in [9.17, 15) is 22.0 Å². The lowest BCUT2D eigenvalue weighted by molar-refractivity contribution is -0.229. The molecule has 7 heteroatoms. The summed E-state index contributed by atoms with van der Waals surface area (Å²) in [6.45, 7) is 3.65. The van der Waals surface area contributed by atoms with Crippen LogP contribution in [0.25, 0.3) is 11.1 Å². The van der Waals surface area contributed by atoms with E-state index in [4.69, 9.17) is 9.47 Å². The van der Waals surface area contributed by atoms with E-state index in [1.54, 1.807) is 6.07 Å². The second kappa shape index (κ2) is 10.1. The van der Waals surface area contributed by atoms with Crippen molar-refractivity contribution in [2.24, 2.45) is 11.8 Å². The fourth-order valence-corrected chi connectivity index (χ4v) is 5.06. The van der Waals surface area contributed by atoms with Crippen LogP contribution in [0, 0.1) is 23.5 Å². The van der Waals surface area contributed by atoms with E-state index in [1.807, 2.05) is 0 Å². The lowest BCUT2D eigenvalue weighted by Gasteiger charge is -2.37. The van der Waals surface area contributed by atoms with Gasteiger partial charge in [-0.1, -0.05) is 31.5 Å². The zero-order valence-electron chi connectivity index (χ0n) is 18.6. The van der Waals surface area contributed by atoms with E-state index in [0.29, 0.717) is 17.9 Å². The van der Waals surface area contributed by atoms with Gasteiger partial charge < -0.3 is 9.47 Å². The maximum atomic E-state index is 14.8. The van der Waals surface area contributed by atoms with Crippen molar-refractivity contribution in [2.45, 2.75) is 63.8 Å². The van der Waals surface area contributed by atoms with Crippen molar-refractivity contribution < 1.29 is 31.4 Å². The van der Waals surface area contributed by atoms with Crippen LogP contribution in [0.2, 0.25) is 0 Å². The zero-order chi connectivity index (χ0) is 23.6. The highest BCUT2D eigenvalue weighted by atomic mass is 19.4. The summed E-state index contributed by atoms with van der Waals surface area (Å²) in [7, 11) is 0. The van der Waals surface area contributed by atoms with Crippen molar-refractivity contribution >= 4 is 0 Å². The van der Waals surface area contributed by atoms with Crippen LogP contribution in [0.3, 0.4) is 0 Å². The fourth-order valence-electron chi connectivity index (χ4n) is 5.06. The van der Waals surface area contributed by atoms with Crippen LogP contribution in [0.4, 0.5) is 22.0 Å². The Morgan fingerprint density at radius 1 is 0.879 bits per heavy atom. The number of rotatable bonds is 5. The van der Waals surface area contributed by atoms with Crippen molar-refractivity contribution in [3.63, 3.8) is 0 Å². The summed E-state index contributed by atoms with van der Waals surface area (Å²) in [6.07, 6.45) is 0.931. The molecule has 0 amide bonds. The summed E-state index contributed by atoms with van der Waals surface area (Å²) in [5.74, 6) is -0.958. The molecule has 1 aliphatic heterocycles. The van der Waals surface area contributed by atoms with Gasteiger partial charge in [-0.05, 0) is 67.3 Å². The Bertz CT molecular complexity index is 942. The molecule has 1 saturated carbocycles. The summed E-state index contributed by atoms with van der Waals surface area (Å²) in [4.78, 5) is 0. The highest BCUT2D eigenvalue weighted by Crippen LogP contribution is 2.40. The normalized spacial score (nSPS) is 26.4. The average Bonchev–Trinajstić information content (AvgIpc) is 2.79. The number of alkyl halides is 3. The molecule has 4 rings (SSSR count). The van der Waals surface area contributed by atoms with Gasteiger partial charge in [0, 0.05) is 17.4 Å². The van der Waals surface area contributed by atoms with E-state index < -0.39 is 23.4 Å². The summed E-state index contributed by atoms with van der Waals surface area (Å²) in [6, 6.07) is 7.24. The smallest absolute Gasteiger partial charge is 0.352 e. The number of hydrogen-bond acceptors (Lipinski definition) is 2. The third kappa shape index (κ3) is 5.57. The van der Waals surface area contributed by atoms with E-state index in [1.165, 1.54) is 12.1 Å². The lowest BCUT2D eigenvalue weighted by Crippen LogP contribution is -2.38. The molecule has 0 bridgehead atoms. The number of halogens is 5. The highest BCUT2D eigenvalue weighted by Gasteiger charge is 2.35. The summed E-state index contributed by atoms with van der Waals surface area (Å²) in [5.41, 5.74) is -0.325. The maximum absolute atomic E-state index is 14.8. The summed E-state index contributed by atoms with van der Waals surface area (Å²) >= 11 is 0. The predicted octanol–water partition coefficient (Wildman–Crippen LogP) is 7.71. The molecule has 2 aromatic carbocycles. The highest BCUT2D eigenvalue weighted by molar-refractivity contribution is 5.65. The summed E-state index contributed by atoms with van der Waals surface area (Å²) in [5, 5.41) is 0. The van der Waals surface area contributed by atoms with Gasteiger partial charge in [0.05, 0.1) is 18.8 Å². The monoisotopic (exact) mass is 468 g/mol. The average molecular weight is 469 g/mol. The van der Waals surface area contributed by atoms with Crippen LogP contribution in [0.1, 0.15) is 62.5 Å². The Labute approximate surface area is 191 Å². The van der Waals surface area contributed by atoms with E-state index in [0.717, 1.165) is 69.4 Å². The molecule has 1 aliphatic carbocycles. The van der Waals surface area contributed by atoms with Gasteiger partial charge in [0.2, 0.25) is 0 Å². The third-order valence-corrected chi connectivity index (χ3v) is 6.90. The van der Waals surface area contributed by atoms with Gasteiger partial charge in [-0.15, -0.1) is 0 Å². The molecule has 1 heterocycles. The van der Waals surface area contributed by atoms with E-state index in [-0.39, 0.29) is 23.3 Å². The molecule has 0 aromatic heterocycles. The molecule has 0 atom stereocenters. The van der Waals surface area contributed by atoms with Crippen LogP contribution in [0.5, 0.6) is 0 Å². The first-order valence-corrected chi connectivity index (χ1v) is 11.7. The van der Waals surface area contributed by atoms with Gasteiger partial charge in [-0.2, -0.15) is 13.2 Å². The molecule has 33 heavy (non-hydrogen) atoms.